The van der Waals surface area contributed by atoms with Gasteiger partial charge >= 0.3 is 0 Å². The van der Waals surface area contributed by atoms with Crippen LogP contribution in [0.5, 0.6) is 0 Å². The fourth-order valence-corrected chi connectivity index (χ4v) is 2.94. The first-order chi connectivity index (χ1) is 11.5. The molecule has 0 bridgehead atoms. The predicted molar refractivity (Wildman–Crippen MR) is 118 cm³/mol. The van der Waals surface area contributed by atoms with Crippen LogP contribution in [0.25, 0.3) is 0 Å². The first-order valence-corrected chi connectivity index (χ1v) is 9.44. The van der Waals surface area contributed by atoms with Crippen LogP contribution < -0.4 is 10.6 Å². The van der Waals surface area contributed by atoms with E-state index < -0.39 is 0 Å². The lowest BCUT2D eigenvalue weighted by Gasteiger charge is -2.40. The second-order valence-electron chi connectivity index (χ2n) is 7.28. The number of likely N-dealkylation sites (tertiary alicyclic amines) is 1. The van der Waals surface area contributed by atoms with Gasteiger partial charge in [-0.1, -0.05) is 6.42 Å². The molecule has 0 aliphatic carbocycles. The van der Waals surface area contributed by atoms with Gasteiger partial charge in [0.25, 0.3) is 0 Å². The van der Waals surface area contributed by atoms with Crippen LogP contribution in [0.1, 0.15) is 40.0 Å². The van der Waals surface area contributed by atoms with Gasteiger partial charge in [0.15, 0.2) is 5.96 Å². The molecule has 0 atom stereocenters. The predicted octanol–water partition coefficient (Wildman–Crippen LogP) is 2.00. The second kappa shape index (κ2) is 14.0. The number of likely N-dealkylation sites (N-methyl/N-ethyl adjacent to an activating group) is 1. The van der Waals surface area contributed by atoms with Gasteiger partial charge in [-0.15, -0.1) is 24.0 Å². The minimum absolute atomic E-state index is 0. The summed E-state index contributed by atoms with van der Waals surface area (Å²) >= 11 is 0. The van der Waals surface area contributed by atoms with Gasteiger partial charge in [-0.3, -0.25) is 9.89 Å². The standard InChI is InChI=1S/C18H39N5O.HI/c1-6-19-17(20-10-13-22(4)14-15-24-5)21-16-18(2,3)23-11-8-7-9-12-23;/h6-16H2,1-5H3,(H2,19,20,21);1H. The lowest BCUT2D eigenvalue weighted by atomic mass is 9.99. The average Bonchev–Trinajstić information content (AvgIpc) is 2.58. The summed E-state index contributed by atoms with van der Waals surface area (Å²) in [7, 11) is 3.86. The maximum atomic E-state index is 5.11. The first kappa shape index (κ1) is 24.9. The van der Waals surface area contributed by atoms with E-state index in [0.29, 0.717) is 0 Å². The van der Waals surface area contributed by atoms with E-state index in [0.717, 1.165) is 45.3 Å². The van der Waals surface area contributed by atoms with Gasteiger partial charge in [0.1, 0.15) is 0 Å². The normalized spacial score (nSPS) is 16.6. The largest absolute Gasteiger partial charge is 0.383 e. The summed E-state index contributed by atoms with van der Waals surface area (Å²) in [5.74, 6) is 0.919. The van der Waals surface area contributed by atoms with E-state index in [1.54, 1.807) is 7.11 Å². The van der Waals surface area contributed by atoms with Gasteiger partial charge in [-0.2, -0.15) is 0 Å². The molecule has 1 heterocycles. The van der Waals surface area contributed by atoms with Gasteiger partial charge < -0.3 is 20.3 Å². The van der Waals surface area contributed by atoms with Crippen LogP contribution in [-0.4, -0.2) is 87.9 Å². The van der Waals surface area contributed by atoms with E-state index in [9.17, 15) is 0 Å². The molecule has 25 heavy (non-hydrogen) atoms. The van der Waals surface area contributed by atoms with Gasteiger partial charge in [0.05, 0.1) is 13.2 Å². The van der Waals surface area contributed by atoms with Gasteiger partial charge in [0, 0.05) is 38.8 Å². The minimum Gasteiger partial charge on any atom is -0.383 e. The molecular weight excluding hydrogens is 429 g/mol. The Hall–Kier alpha value is -0.120. The number of piperidine rings is 1. The molecule has 1 saturated heterocycles. The smallest absolute Gasteiger partial charge is 0.191 e. The van der Waals surface area contributed by atoms with Crippen molar-refractivity contribution in [2.45, 2.75) is 45.6 Å². The Morgan fingerprint density at radius 1 is 1.16 bits per heavy atom. The van der Waals surface area contributed by atoms with Crippen LogP contribution in [0, 0.1) is 0 Å². The van der Waals surface area contributed by atoms with Crippen LogP contribution >= 0.6 is 24.0 Å². The number of rotatable bonds is 10. The number of aliphatic imine (C=N–C) groups is 1. The number of guanidine groups is 1. The highest BCUT2D eigenvalue weighted by Gasteiger charge is 2.27. The van der Waals surface area contributed by atoms with Gasteiger partial charge in [-0.25, -0.2) is 0 Å². The van der Waals surface area contributed by atoms with Crippen LogP contribution in [0.15, 0.2) is 4.99 Å². The molecule has 7 heteroatoms. The lowest BCUT2D eigenvalue weighted by molar-refractivity contribution is 0.102. The highest BCUT2D eigenvalue weighted by molar-refractivity contribution is 14.0. The molecule has 0 saturated carbocycles. The Balaban J connectivity index is 0.00000576. The summed E-state index contributed by atoms with van der Waals surface area (Å²) < 4.78 is 5.11. The monoisotopic (exact) mass is 469 g/mol. The number of hydrogen-bond donors (Lipinski definition) is 2. The summed E-state index contributed by atoms with van der Waals surface area (Å²) in [4.78, 5) is 9.68. The average molecular weight is 469 g/mol. The van der Waals surface area contributed by atoms with Crippen molar-refractivity contribution in [1.29, 1.82) is 0 Å². The molecule has 1 rings (SSSR count). The van der Waals surface area contributed by atoms with Crippen molar-refractivity contribution in [2.24, 2.45) is 4.99 Å². The molecule has 0 aromatic carbocycles. The van der Waals surface area contributed by atoms with Crippen molar-refractivity contribution < 1.29 is 4.74 Å². The van der Waals surface area contributed by atoms with E-state index in [1.165, 1.54) is 32.4 Å². The zero-order valence-corrected chi connectivity index (χ0v) is 19.3. The molecular formula is C18H40IN5O. The van der Waals surface area contributed by atoms with E-state index in [4.69, 9.17) is 9.73 Å². The third-order valence-corrected chi connectivity index (χ3v) is 4.64. The first-order valence-electron chi connectivity index (χ1n) is 9.44. The number of hydrogen-bond acceptors (Lipinski definition) is 4. The Bertz CT molecular complexity index is 359. The molecule has 1 aliphatic heterocycles. The molecule has 0 aromatic heterocycles. The molecule has 1 fully saturated rings. The quantitative estimate of drug-likeness (QED) is 0.291. The van der Waals surface area contributed by atoms with Crippen molar-refractivity contribution >= 4 is 29.9 Å². The minimum atomic E-state index is 0. The van der Waals surface area contributed by atoms with Crippen LogP contribution in [0.4, 0.5) is 0 Å². The fraction of sp³-hybridized carbons (Fsp3) is 0.944. The van der Waals surface area contributed by atoms with Crippen LogP contribution in [0.3, 0.4) is 0 Å². The molecule has 0 aromatic rings. The van der Waals surface area contributed by atoms with Crippen molar-refractivity contribution in [3.63, 3.8) is 0 Å². The van der Waals surface area contributed by atoms with Crippen LogP contribution in [-0.2, 0) is 4.74 Å². The zero-order valence-electron chi connectivity index (χ0n) is 16.9. The summed E-state index contributed by atoms with van der Waals surface area (Å²) in [6.07, 6.45) is 4.01. The summed E-state index contributed by atoms with van der Waals surface area (Å²) in [6, 6.07) is 0. The highest BCUT2D eigenvalue weighted by atomic mass is 127. The number of nitrogens with one attached hydrogen (secondary N) is 2. The summed E-state index contributed by atoms with van der Waals surface area (Å²) in [5, 5.41) is 6.79. The maximum Gasteiger partial charge on any atom is 0.191 e. The zero-order chi connectivity index (χ0) is 17.8. The molecule has 150 valence electrons. The lowest BCUT2D eigenvalue weighted by Crippen LogP contribution is -2.50. The highest BCUT2D eigenvalue weighted by Crippen LogP contribution is 2.20. The van der Waals surface area contributed by atoms with E-state index in [1.807, 2.05) is 0 Å². The van der Waals surface area contributed by atoms with E-state index >= 15 is 0 Å². The third-order valence-electron chi connectivity index (χ3n) is 4.64. The number of nitrogens with zero attached hydrogens (tertiary/aromatic N) is 3. The molecule has 0 spiro atoms. The summed E-state index contributed by atoms with van der Waals surface area (Å²) in [5.41, 5.74) is 0.123. The van der Waals surface area contributed by atoms with Crippen molar-refractivity contribution in [3.05, 3.63) is 0 Å². The Morgan fingerprint density at radius 2 is 1.84 bits per heavy atom. The Kier molecular flexibility index (Phi) is 13.9. The molecule has 0 amide bonds. The molecule has 1 aliphatic rings. The fourth-order valence-electron chi connectivity index (χ4n) is 2.94. The molecule has 2 N–H and O–H groups in total. The SMILES string of the molecule is CCNC(=NCC(C)(C)N1CCCCC1)NCCN(C)CCOC.I. The third kappa shape index (κ3) is 10.6. The van der Waals surface area contributed by atoms with Gasteiger partial charge in [0.2, 0.25) is 0 Å². The van der Waals surface area contributed by atoms with E-state index in [-0.39, 0.29) is 29.5 Å². The molecule has 0 radical (unpaired) electrons. The van der Waals surface area contributed by atoms with Gasteiger partial charge in [-0.05, 0) is 53.8 Å². The number of ether oxygens (including phenoxy) is 1. The number of halogens is 1. The van der Waals surface area contributed by atoms with Crippen molar-refractivity contribution in [2.75, 3.05) is 66.6 Å². The molecule has 0 unspecified atom stereocenters. The number of methoxy groups -OCH3 is 1. The Morgan fingerprint density at radius 3 is 2.44 bits per heavy atom. The Labute approximate surface area is 172 Å². The summed E-state index contributed by atoms with van der Waals surface area (Å²) in [6.45, 7) is 14.4. The topological polar surface area (TPSA) is 52.1 Å². The van der Waals surface area contributed by atoms with E-state index in [2.05, 4.69) is 48.3 Å². The van der Waals surface area contributed by atoms with Crippen LogP contribution in [0.2, 0.25) is 0 Å². The maximum absolute atomic E-state index is 5.11. The second-order valence-corrected chi connectivity index (χ2v) is 7.28. The van der Waals surface area contributed by atoms with Crippen molar-refractivity contribution in [3.8, 4) is 0 Å². The molecule has 6 nitrogen and oxygen atoms in total. The van der Waals surface area contributed by atoms with Crippen molar-refractivity contribution in [1.82, 2.24) is 20.4 Å².